The molecule has 206 valence electrons. The molecule has 0 bridgehead atoms. The Morgan fingerprint density at radius 2 is 1.02 bits per heavy atom. The predicted octanol–water partition coefficient (Wildman–Crippen LogP) is 5.12. The fourth-order valence-electron chi connectivity index (χ4n) is 4.79. The number of non-ortho nitro benzene ring substituents is 3. The first-order valence-electron chi connectivity index (χ1n) is 12.8. The Morgan fingerprint density at radius 1 is 0.610 bits per heavy atom. The zero-order valence-electron chi connectivity index (χ0n) is 22.5. The minimum Gasteiger partial charge on any atom is -0.309 e. The largest absolute Gasteiger partial charge is 0.309 e. The van der Waals surface area contributed by atoms with Crippen LogP contribution in [0, 0.1) is 30.3 Å². The minimum absolute atomic E-state index is 0.0510. The first kappa shape index (κ1) is 28.8. The third-order valence-corrected chi connectivity index (χ3v) is 6.81. The van der Waals surface area contributed by atoms with Crippen molar-refractivity contribution in [2.45, 2.75) is 6.42 Å². The van der Waals surface area contributed by atoms with Gasteiger partial charge in [0.25, 0.3) is 17.1 Å². The molecule has 41 heavy (non-hydrogen) atoms. The molecule has 0 radical (unpaired) electrons. The molecule has 10 nitrogen and oxygen atoms in total. The summed E-state index contributed by atoms with van der Waals surface area (Å²) in [6, 6.07) is 28.6. The molecule has 4 rings (SSSR count). The van der Waals surface area contributed by atoms with Crippen LogP contribution in [-0.2, 0) is 0 Å². The lowest BCUT2D eigenvalue weighted by Gasteiger charge is -2.25. The summed E-state index contributed by atoms with van der Waals surface area (Å²) in [6.45, 7) is 0.198. The predicted molar refractivity (Wildman–Crippen MR) is 161 cm³/mol. The van der Waals surface area contributed by atoms with E-state index in [-0.39, 0.29) is 17.1 Å². The first-order chi connectivity index (χ1) is 19.7. The maximum atomic E-state index is 11.4. The van der Waals surface area contributed by atoms with E-state index in [1.165, 1.54) is 36.4 Å². The van der Waals surface area contributed by atoms with E-state index in [2.05, 4.69) is 4.90 Å². The van der Waals surface area contributed by atoms with Gasteiger partial charge >= 0.3 is 0 Å². The van der Waals surface area contributed by atoms with E-state index in [9.17, 15) is 30.3 Å². The lowest BCUT2D eigenvalue weighted by molar-refractivity contribution is -0.385. The highest BCUT2D eigenvalue weighted by Gasteiger charge is 2.30. The molecule has 0 aliphatic carbocycles. The zero-order valence-corrected chi connectivity index (χ0v) is 22.5. The summed E-state index contributed by atoms with van der Waals surface area (Å²) in [4.78, 5) is 34.9. The highest BCUT2D eigenvalue weighted by Crippen LogP contribution is 2.33. The van der Waals surface area contributed by atoms with Crippen molar-refractivity contribution in [3.8, 4) is 0 Å². The van der Waals surface area contributed by atoms with Gasteiger partial charge < -0.3 is 4.90 Å². The maximum Gasteiger partial charge on any atom is 0.269 e. The average Bonchev–Trinajstić information content (AvgIpc) is 2.97. The molecule has 4 aromatic rings. The number of nitrogens with zero attached hydrogens (tertiary/aromatic N) is 4. The second-order valence-electron chi connectivity index (χ2n) is 9.75. The van der Waals surface area contributed by atoms with Gasteiger partial charge in [-0.15, -0.1) is 0 Å². The smallest absolute Gasteiger partial charge is 0.269 e. The van der Waals surface area contributed by atoms with Crippen LogP contribution in [-0.4, -0.2) is 47.0 Å². The van der Waals surface area contributed by atoms with Crippen molar-refractivity contribution < 1.29 is 14.8 Å². The number of nitro benzene ring substituents is 3. The molecule has 0 saturated heterocycles. The Labute approximate surface area is 237 Å². The molecule has 0 fully saturated rings. The third kappa shape index (κ3) is 6.89. The molecule has 11 heteroatoms. The van der Waals surface area contributed by atoms with Crippen LogP contribution in [0.4, 0.5) is 17.1 Å². The van der Waals surface area contributed by atoms with Gasteiger partial charge in [0.15, 0.2) is 0 Å². The lowest BCUT2D eigenvalue weighted by atomic mass is 9.34. The van der Waals surface area contributed by atoms with Gasteiger partial charge in [0, 0.05) is 42.9 Å². The molecule has 0 aromatic heterocycles. The van der Waals surface area contributed by atoms with Gasteiger partial charge in [-0.3, -0.25) is 30.3 Å². The average molecular weight is 550 g/mol. The molecule has 0 unspecified atom stereocenters. The lowest BCUT2D eigenvalue weighted by Crippen LogP contribution is -2.44. The molecule has 0 atom stereocenters. The van der Waals surface area contributed by atoms with Crippen LogP contribution < -0.4 is 10.9 Å². The van der Waals surface area contributed by atoms with Gasteiger partial charge in [0.1, 0.15) is 0 Å². The van der Waals surface area contributed by atoms with Crippen molar-refractivity contribution in [3.63, 3.8) is 0 Å². The van der Waals surface area contributed by atoms with E-state index in [1.54, 1.807) is 36.4 Å². The van der Waals surface area contributed by atoms with Gasteiger partial charge in [0.05, 0.1) is 14.8 Å². The number of rotatable bonds is 11. The van der Waals surface area contributed by atoms with E-state index >= 15 is 0 Å². The van der Waals surface area contributed by atoms with Crippen molar-refractivity contribution in [1.29, 1.82) is 0 Å². The van der Waals surface area contributed by atoms with E-state index in [4.69, 9.17) is 0 Å². The molecular weight excluding hydrogens is 523 g/mol. The van der Waals surface area contributed by atoms with Crippen LogP contribution in [0.5, 0.6) is 0 Å². The zero-order chi connectivity index (χ0) is 29.5. The third-order valence-electron chi connectivity index (χ3n) is 6.81. The Morgan fingerprint density at radius 3 is 1.41 bits per heavy atom. The van der Waals surface area contributed by atoms with Gasteiger partial charge in [-0.25, -0.2) is 0 Å². The fraction of sp³-hybridized carbons (Fsp3) is 0.133. The summed E-state index contributed by atoms with van der Waals surface area (Å²) >= 11 is 0. The fourth-order valence-corrected chi connectivity index (χ4v) is 4.79. The molecular formula is C30H27BN4O6. The SMILES string of the molecule is CN(C)CC/C(=C(\B(c1ccc([N+](=O)[O-])cc1)c1ccc([N+](=O)[O-])cc1)c1ccc([N+](=O)[O-])cc1)c1ccccc1. The number of hydrogen-bond acceptors (Lipinski definition) is 7. The van der Waals surface area contributed by atoms with Crippen molar-refractivity contribution in [2.24, 2.45) is 0 Å². The van der Waals surface area contributed by atoms with Crippen LogP contribution in [0.1, 0.15) is 17.5 Å². The molecule has 0 aliphatic heterocycles. The quantitative estimate of drug-likeness (QED) is 0.110. The molecule has 0 aliphatic rings. The van der Waals surface area contributed by atoms with Crippen LogP contribution in [0.3, 0.4) is 0 Å². The normalized spacial score (nSPS) is 11.6. The van der Waals surface area contributed by atoms with Gasteiger partial charge in [-0.1, -0.05) is 71.0 Å². The van der Waals surface area contributed by atoms with Crippen molar-refractivity contribution >= 4 is 45.7 Å². The second kappa shape index (κ2) is 12.8. The van der Waals surface area contributed by atoms with Crippen LogP contribution in [0.25, 0.3) is 11.0 Å². The summed E-state index contributed by atoms with van der Waals surface area (Å²) in [6.07, 6.45) is 0.625. The molecule has 0 saturated carbocycles. The number of benzene rings is 4. The Balaban J connectivity index is 2.07. The summed E-state index contributed by atoms with van der Waals surface area (Å²) < 4.78 is 0. The summed E-state index contributed by atoms with van der Waals surface area (Å²) in [5.74, 6) is 0. The van der Waals surface area contributed by atoms with Crippen molar-refractivity contribution in [3.05, 3.63) is 145 Å². The van der Waals surface area contributed by atoms with Crippen LogP contribution in [0.15, 0.2) is 103 Å². The van der Waals surface area contributed by atoms with E-state index in [0.29, 0.717) is 13.0 Å². The maximum absolute atomic E-state index is 11.4. The molecule has 0 N–H and O–H groups in total. The first-order valence-corrected chi connectivity index (χ1v) is 12.8. The Hall–Kier alpha value is -5.16. The van der Waals surface area contributed by atoms with Crippen LogP contribution >= 0.6 is 0 Å². The van der Waals surface area contributed by atoms with Gasteiger partial charge in [0.2, 0.25) is 6.71 Å². The van der Waals surface area contributed by atoms with Gasteiger partial charge in [-0.05, 0) is 49.3 Å². The van der Waals surface area contributed by atoms with Crippen molar-refractivity contribution in [2.75, 3.05) is 20.6 Å². The van der Waals surface area contributed by atoms with Crippen molar-refractivity contribution in [1.82, 2.24) is 4.90 Å². The molecule has 4 aromatic carbocycles. The Kier molecular flexibility index (Phi) is 9.00. The van der Waals surface area contributed by atoms with E-state index < -0.39 is 21.5 Å². The van der Waals surface area contributed by atoms with E-state index in [1.807, 2.05) is 44.4 Å². The standard InChI is InChI=1S/C30H27BN4O6/c1-32(2)21-20-29(22-6-4-3-5-7-22)30(23-8-14-26(15-9-23)33(36)37)31(24-10-16-27(17-11-24)34(38)39)25-12-18-28(19-13-25)35(40)41/h3-19H,20-21H2,1-2H3/b30-29+. The van der Waals surface area contributed by atoms with E-state index in [0.717, 1.165) is 33.1 Å². The highest BCUT2D eigenvalue weighted by atomic mass is 16.6. The molecule has 0 spiro atoms. The number of hydrogen-bond donors (Lipinski definition) is 0. The Bertz CT molecular complexity index is 1520. The van der Waals surface area contributed by atoms with Crippen LogP contribution in [0.2, 0.25) is 0 Å². The summed E-state index contributed by atoms with van der Waals surface area (Å²) in [5, 5.41) is 34.3. The monoisotopic (exact) mass is 550 g/mol. The topological polar surface area (TPSA) is 133 Å². The minimum atomic E-state index is -0.504. The van der Waals surface area contributed by atoms with Gasteiger partial charge in [-0.2, -0.15) is 0 Å². The second-order valence-corrected chi connectivity index (χ2v) is 9.75. The molecule has 0 heterocycles. The summed E-state index contributed by atoms with van der Waals surface area (Å²) in [5.41, 5.74) is 4.80. The number of nitro groups is 3. The summed E-state index contributed by atoms with van der Waals surface area (Å²) in [7, 11) is 3.94. The molecule has 0 amide bonds. The highest BCUT2D eigenvalue weighted by molar-refractivity contribution is 7.00.